The van der Waals surface area contributed by atoms with Gasteiger partial charge < -0.3 is 28.7 Å². The summed E-state index contributed by atoms with van der Waals surface area (Å²) in [6.07, 6.45) is 6.38. The summed E-state index contributed by atoms with van der Waals surface area (Å²) in [5.74, 6) is -1.68. The summed E-state index contributed by atoms with van der Waals surface area (Å²) >= 11 is 0. The van der Waals surface area contributed by atoms with Crippen LogP contribution in [0.25, 0.3) is 33.1 Å². The second-order valence-electron chi connectivity index (χ2n) is 10.8. The summed E-state index contributed by atoms with van der Waals surface area (Å²) in [7, 11) is 0. The third-order valence-corrected chi connectivity index (χ3v) is 7.19. The van der Waals surface area contributed by atoms with Crippen LogP contribution in [-0.2, 0) is 4.79 Å². The third-order valence-electron chi connectivity index (χ3n) is 7.19. The number of nitrogens with two attached hydrogens (primary N) is 5. The van der Waals surface area contributed by atoms with Crippen molar-refractivity contribution in [2.45, 2.75) is 20.8 Å². The molecule has 4 heterocycles. The van der Waals surface area contributed by atoms with E-state index in [0.29, 0.717) is 61.9 Å². The summed E-state index contributed by atoms with van der Waals surface area (Å²) in [6.45, 7) is 6.05. The van der Waals surface area contributed by atoms with E-state index in [1.165, 1.54) is 6.20 Å². The van der Waals surface area contributed by atoms with Crippen LogP contribution in [0.2, 0.25) is 0 Å². The first-order chi connectivity index (χ1) is 24.3. The minimum Gasteiger partial charge on any atom is -0.383 e. The molecule has 0 aliphatic carbocycles. The Morgan fingerprint density at radius 2 is 1.06 bits per heavy atom. The Hall–Kier alpha value is -7.23. The number of rotatable bonds is 4. The fourth-order valence-electron chi connectivity index (χ4n) is 4.61. The van der Waals surface area contributed by atoms with Gasteiger partial charge in [0.1, 0.15) is 22.4 Å². The van der Waals surface area contributed by atoms with Gasteiger partial charge in [0.2, 0.25) is 0 Å². The van der Waals surface area contributed by atoms with Crippen LogP contribution in [-0.4, -0.2) is 65.9 Å². The number of fused-ring (bicyclic) bond motifs is 3. The van der Waals surface area contributed by atoms with E-state index in [1.54, 1.807) is 67.0 Å². The zero-order chi connectivity index (χ0) is 37.2. The number of aliphatic imine (C=N–C) groups is 1. The zero-order valence-corrected chi connectivity index (χ0v) is 27.9. The molecule has 0 fully saturated rings. The van der Waals surface area contributed by atoms with Gasteiger partial charge in [-0.15, -0.1) is 0 Å². The highest BCUT2D eigenvalue weighted by Gasteiger charge is 2.13. The molecule has 6 aromatic rings. The number of aromatic nitrogens is 6. The van der Waals surface area contributed by atoms with E-state index in [2.05, 4.69) is 34.9 Å². The summed E-state index contributed by atoms with van der Waals surface area (Å²) in [4.78, 5) is 72.5. The van der Waals surface area contributed by atoms with Gasteiger partial charge in [0.05, 0.1) is 62.4 Å². The highest BCUT2D eigenvalue weighted by molar-refractivity contribution is 6.20. The van der Waals surface area contributed by atoms with E-state index in [9.17, 15) is 19.2 Å². The molecule has 4 amide bonds. The topological polar surface area (TPSA) is 288 Å². The molecule has 0 saturated carbocycles. The number of carbonyl (C=O) groups is 4. The SMILES string of the molecule is Cc1cnc2cccc(C(N)=O)c2n1.Cc1nc2cccc(C(N)=O)c2nc1C.NC(=O)C1=CCN=C1N.NC(=O)c1cccc2nccnc12. The molecule has 0 saturated heterocycles. The Balaban J connectivity index is 0.000000155. The van der Waals surface area contributed by atoms with Crippen molar-refractivity contribution < 1.29 is 19.2 Å². The number of aryl methyl sites for hydroxylation is 3. The number of amidine groups is 1. The van der Waals surface area contributed by atoms with E-state index in [4.69, 9.17) is 28.7 Å². The maximum absolute atomic E-state index is 11.2. The average Bonchev–Trinajstić information content (AvgIpc) is 3.54. The summed E-state index contributed by atoms with van der Waals surface area (Å²) in [5, 5.41) is 0. The van der Waals surface area contributed by atoms with Crippen molar-refractivity contribution in [2.24, 2.45) is 33.7 Å². The molecule has 0 atom stereocenters. The van der Waals surface area contributed by atoms with Crippen molar-refractivity contribution in [1.82, 2.24) is 29.9 Å². The van der Waals surface area contributed by atoms with E-state index >= 15 is 0 Å². The van der Waals surface area contributed by atoms with Gasteiger partial charge in [0.25, 0.3) is 23.6 Å². The first-order valence-electron chi connectivity index (χ1n) is 15.1. The van der Waals surface area contributed by atoms with Crippen LogP contribution in [0.3, 0.4) is 0 Å². The van der Waals surface area contributed by atoms with Crippen molar-refractivity contribution >= 4 is 62.6 Å². The van der Waals surface area contributed by atoms with Crippen LogP contribution >= 0.6 is 0 Å². The van der Waals surface area contributed by atoms with Crippen LogP contribution < -0.4 is 28.7 Å². The van der Waals surface area contributed by atoms with Gasteiger partial charge in [-0.1, -0.05) is 18.2 Å². The van der Waals surface area contributed by atoms with E-state index in [-0.39, 0.29) is 5.84 Å². The number of primary amides is 4. The quantitative estimate of drug-likeness (QED) is 0.178. The van der Waals surface area contributed by atoms with Gasteiger partial charge in [-0.05, 0) is 63.2 Å². The van der Waals surface area contributed by atoms with E-state index in [1.807, 2.05) is 26.8 Å². The van der Waals surface area contributed by atoms with Gasteiger partial charge >= 0.3 is 0 Å². The third kappa shape index (κ3) is 9.02. The lowest BCUT2D eigenvalue weighted by atomic mass is 10.1. The Labute approximate surface area is 290 Å². The fourth-order valence-corrected chi connectivity index (χ4v) is 4.61. The maximum atomic E-state index is 11.2. The first-order valence-corrected chi connectivity index (χ1v) is 15.1. The lowest BCUT2D eigenvalue weighted by Gasteiger charge is -2.04. The molecule has 0 spiro atoms. The molecule has 3 aromatic carbocycles. The molecule has 51 heavy (non-hydrogen) atoms. The van der Waals surface area contributed by atoms with Crippen molar-refractivity contribution in [3.63, 3.8) is 0 Å². The molecule has 0 radical (unpaired) electrons. The van der Waals surface area contributed by atoms with Gasteiger partial charge in [0.15, 0.2) is 0 Å². The van der Waals surface area contributed by atoms with Crippen molar-refractivity contribution in [1.29, 1.82) is 0 Å². The van der Waals surface area contributed by atoms with Gasteiger partial charge in [-0.25, -0.2) is 15.0 Å². The van der Waals surface area contributed by atoms with Crippen molar-refractivity contribution in [2.75, 3.05) is 6.54 Å². The van der Waals surface area contributed by atoms with Gasteiger partial charge in [-0.3, -0.25) is 39.1 Å². The number of nitrogens with zero attached hydrogens (tertiary/aromatic N) is 7. The first kappa shape index (κ1) is 36.6. The molecule has 7 rings (SSSR count). The Bertz CT molecular complexity index is 2370. The highest BCUT2D eigenvalue weighted by Crippen LogP contribution is 2.17. The average molecular weight is 687 g/mol. The number of hydrogen-bond acceptors (Lipinski definition) is 12. The number of hydrogen-bond donors (Lipinski definition) is 5. The number of carbonyl (C=O) groups excluding carboxylic acids is 4. The molecular formula is C35H34N12O4. The molecular weight excluding hydrogens is 652 g/mol. The smallest absolute Gasteiger partial charge is 0.252 e. The predicted octanol–water partition coefficient (Wildman–Crippen LogP) is 1.88. The number of para-hydroxylation sites is 3. The molecule has 258 valence electrons. The number of amides is 4. The molecule has 0 bridgehead atoms. The summed E-state index contributed by atoms with van der Waals surface area (Å²) in [5.41, 5.74) is 33.6. The van der Waals surface area contributed by atoms with E-state index in [0.717, 1.165) is 17.1 Å². The molecule has 1 aliphatic rings. The largest absolute Gasteiger partial charge is 0.383 e. The minimum absolute atomic E-state index is 0.252. The standard InChI is InChI=1S/C11H11N3O.C10H9N3O.C9H7N3O.C5H7N3O/c1-6-7(2)14-10-8(11(12)15)4-3-5-9(10)13-6;1-6-5-12-8-4-2-3-7(10(11)14)9(8)13-6;10-9(13)6-2-1-3-7-8(6)12-5-4-11-7;6-4-3(5(7)9)1-2-8-4/h3-5H,1-2H3,(H2,12,15);2-5H,1H3,(H2,11,14);1-5H,(H2,10,13);1H,2H2,(H2,6,8)(H2,7,9). The van der Waals surface area contributed by atoms with Crippen LogP contribution in [0.4, 0.5) is 0 Å². The molecule has 10 N–H and O–H groups in total. The highest BCUT2D eigenvalue weighted by atomic mass is 16.2. The lowest BCUT2D eigenvalue weighted by molar-refractivity contribution is -0.114. The van der Waals surface area contributed by atoms with Crippen LogP contribution in [0, 0.1) is 20.8 Å². The molecule has 16 nitrogen and oxygen atoms in total. The Morgan fingerprint density at radius 3 is 1.57 bits per heavy atom. The maximum Gasteiger partial charge on any atom is 0.252 e. The van der Waals surface area contributed by atoms with Crippen LogP contribution in [0.5, 0.6) is 0 Å². The van der Waals surface area contributed by atoms with Crippen LogP contribution in [0.15, 0.2) is 89.8 Å². The van der Waals surface area contributed by atoms with Gasteiger partial charge in [0, 0.05) is 18.6 Å². The molecule has 0 unspecified atom stereocenters. The summed E-state index contributed by atoms with van der Waals surface area (Å²) < 4.78 is 0. The van der Waals surface area contributed by atoms with Crippen molar-refractivity contribution in [3.05, 3.63) is 119 Å². The molecule has 1 aliphatic heterocycles. The minimum atomic E-state index is -0.506. The lowest BCUT2D eigenvalue weighted by Crippen LogP contribution is -2.24. The van der Waals surface area contributed by atoms with Crippen molar-refractivity contribution in [3.8, 4) is 0 Å². The number of benzene rings is 3. The zero-order valence-electron chi connectivity index (χ0n) is 27.9. The fraction of sp³-hybridized carbons (Fsp3) is 0.114. The predicted molar refractivity (Wildman–Crippen MR) is 192 cm³/mol. The second kappa shape index (κ2) is 16.2. The normalized spacial score (nSPS) is 11.5. The van der Waals surface area contributed by atoms with Gasteiger partial charge in [-0.2, -0.15) is 0 Å². The Morgan fingerprint density at radius 1 is 0.569 bits per heavy atom. The summed E-state index contributed by atoms with van der Waals surface area (Å²) in [6, 6.07) is 15.6. The molecule has 16 heteroatoms. The Kier molecular flexibility index (Phi) is 11.7. The van der Waals surface area contributed by atoms with E-state index < -0.39 is 23.6 Å². The second-order valence-corrected chi connectivity index (χ2v) is 10.8. The van der Waals surface area contributed by atoms with Crippen LogP contribution in [0.1, 0.15) is 48.2 Å². The monoisotopic (exact) mass is 686 g/mol. The molecule has 3 aromatic heterocycles.